The predicted octanol–water partition coefficient (Wildman–Crippen LogP) is 1.71. The van der Waals surface area contributed by atoms with Crippen molar-refractivity contribution in [3.05, 3.63) is 0 Å². The molecule has 17 heavy (non-hydrogen) atoms. The second kappa shape index (κ2) is 8.46. The molecule has 0 bridgehead atoms. The van der Waals surface area contributed by atoms with Crippen LogP contribution in [0, 0.1) is 17.2 Å². The second-order valence-electron chi connectivity index (χ2n) is 4.99. The Morgan fingerprint density at radius 2 is 1.94 bits per heavy atom. The third kappa shape index (κ3) is 8.14. The Bertz CT molecular complexity index is 234. The lowest BCUT2D eigenvalue weighted by atomic mass is 10.2. The smallest absolute Gasteiger partial charge is 0.0977 e. The van der Waals surface area contributed by atoms with Gasteiger partial charge >= 0.3 is 0 Å². The van der Waals surface area contributed by atoms with Gasteiger partial charge in [0.2, 0.25) is 0 Å². The lowest BCUT2D eigenvalue weighted by Crippen LogP contribution is -2.30. The molecule has 4 nitrogen and oxygen atoms in total. The fourth-order valence-electron chi connectivity index (χ4n) is 1.46. The summed E-state index contributed by atoms with van der Waals surface area (Å²) in [5.74, 6) is 0.570. The molecule has 0 heterocycles. The first-order chi connectivity index (χ1) is 8.22. The average Bonchev–Trinajstić information content (AvgIpc) is 3.09. The van der Waals surface area contributed by atoms with Gasteiger partial charge in [-0.25, -0.2) is 0 Å². The van der Waals surface area contributed by atoms with Crippen molar-refractivity contribution >= 4 is 0 Å². The molecule has 0 amide bonds. The summed E-state index contributed by atoms with van der Waals surface area (Å²) >= 11 is 0. The Balaban J connectivity index is 1.86. The first-order valence-electron chi connectivity index (χ1n) is 6.53. The number of hydrogen-bond donors (Lipinski definition) is 1. The number of ether oxygens (including phenoxy) is 2. The lowest BCUT2D eigenvalue weighted by molar-refractivity contribution is 0.0360. The quantitative estimate of drug-likeness (QED) is 0.591. The van der Waals surface area contributed by atoms with E-state index in [2.05, 4.69) is 25.2 Å². The molecule has 0 radical (unpaired) electrons. The molecule has 1 atom stereocenters. The number of nitrogens with one attached hydrogen (secondary N) is 1. The molecule has 1 saturated carbocycles. The summed E-state index contributed by atoms with van der Waals surface area (Å²) < 4.78 is 10.8. The van der Waals surface area contributed by atoms with E-state index in [0.717, 1.165) is 13.0 Å². The van der Waals surface area contributed by atoms with Gasteiger partial charge in [-0.3, -0.25) is 5.32 Å². The van der Waals surface area contributed by atoms with Crippen LogP contribution in [0.2, 0.25) is 0 Å². The zero-order valence-corrected chi connectivity index (χ0v) is 10.9. The van der Waals surface area contributed by atoms with Gasteiger partial charge in [0.1, 0.15) is 0 Å². The van der Waals surface area contributed by atoms with Gasteiger partial charge in [0.25, 0.3) is 0 Å². The van der Waals surface area contributed by atoms with Gasteiger partial charge in [-0.05, 0) is 25.2 Å². The summed E-state index contributed by atoms with van der Waals surface area (Å²) in [6.07, 6.45) is 3.18. The van der Waals surface area contributed by atoms with Crippen LogP contribution in [0.3, 0.4) is 0 Å². The van der Waals surface area contributed by atoms with E-state index in [-0.39, 0.29) is 6.04 Å². The van der Waals surface area contributed by atoms with Crippen molar-refractivity contribution < 1.29 is 9.47 Å². The third-order valence-electron chi connectivity index (χ3n) is 2.54. The van der Waals surface area contributed by atoms with E-state index in [1.165, 1.54) is 12.8 Å². The fraction of sp³-hybridized carbons (Fsp3) is 0.923. The normalized spacial score (nSPS) is 17.1. The molecule has 0 aromatic rings. The Morgan fingerprint density at radius 3 is 2.53 bits per heavy atom. The highest BCUT2D eigenvalue weighted by Gasteiger charge is 2.24. The highest BCUT2D eigenvalue weighted by atomic mass is 16.5. The molecular weight excluding hydrogens is 216 g/mol. The molecule has 0 aliphatic heterocycles. The molecule has 0 spiro atoms. The highest BCUT2D eigenvalue weighted by Crippen LogP contribution is 2.19. The first-order valence-corrected chi connectivity index (χ1v) is 6.53. The van der Waals surface area contributed by atoms with Gasteiger partial charge in [-0.2, -0.15) is 5.26 Å². The van der Waals surface area contributed by atoms with Gasteiger partial charge in [0.05, 0.1) is 25.3 Å². The van der Waals surface area contributed by atoms with Gasteiger partial charge in [0.15, 0.2) is 0 Å². The van der Waals surface area contributed by atoms with Crippen molar-refractivity contribution in [3.63, 3.8) is 0 Å². The van der Waals surface area contributed by atoms with Crippen LogP contribution in [0.5, 0.6) is 0 Å². The number of hydrogen-bond acceptors (Lipinski definition) is 4. The van der Waals surface area contributed by atoms with Gasteiger partial charge in [-0.1, -0.05) is 13.8 Å². The SMILES string of the molecule is CC(C)COCCOCCC(C#N)NC1CC1. The van der Waals surface area contributed by atoms with E-state index in [1.807, 2.05) is 0 Å². The lowest BCUT2D eigenvalue weighted by Gasteiger charge is -2.11. The standard InChI is InChI=1S/C13H24N2O2/c1-11(2)10-17-8-7-16-6-5-13(9-14)15-12-3-4-12/h11-13,15H,3-8,10H2,1-2H3. The molecule has 1 rings (SSSR count). The molecule has 1 fully saturated rings. The maximum atomic E-state index is 8.91. The second-order valence-corrected chi connectivity index (χ2v) is 4.99. The van der Waals surface area contributed by atoms with Crippen molar-refractivity contribution in [2.24, 2.45) is 5.92 Å². The van der Waals surface area contributed by atoms with Crippen molar-refractivity contribution in [1.82, 2.24) is 5.32 Å². The van der Waals surface area contributed by atoms with Gasteiger partial charge in [-0.15, -0.1) is 0 Å². The number of nitrogens with zero attached hydrogens (tertiary/aromatic N) is 1. The predicted molar refractivity (Wildman–Crippen MR) is 66.7 cm³/mol. The Hall–Kier alpha value is -0.630. The van der Waals surface area contributed by atoms with E-state index < -0.39 is 0 Å². The van der Waals surface area contributed by atoms with Crippen molar-refractivity contribution in [2.45, 2.75) is 45.2 Å². The molecule has 4 heteroatoms. The van der Waals surface area contributed by atoms with E-state index in [4.69, 9.17) is 14.7 Å². The van der Waals surface area contributed by atoms with Gasteiger partial charge in [0, 0.05) is 19.3 Å². The number of nitriles is 1. The van der Waals surface area contributed by atoms with Crippen LogP contribution >= 0.6 is 0 Å². The van der Waals surface area contributed by atoms with E-state index in [0.29, 0.717) is 31.8 Å². The largest absolute Gasteiger partial charge is 0.379 e. The first kappa shape index (κ1) is 14.4. The zero-order chi connectivity index (χ0) is 12.5. The van der Waals surface area contributed by atoms with Crippen molar-refractivity contribution in [2.75, 3.05) is 26.4 Å². The summed E-state index contributed by atoms with van der Waals surface area (Å²) in [5.41, 5.74) is 0. The average molecular weight is 240 g/mol. The summed E-state index contributed by atoms with van der Waals surface area (Å²) in [7, 11) is 0. The van der Waals surface area contributed by atoms with Crippen LogP contribution in [-0.2, 0) is 9.47 Å². The van der Waals surface area contributed by atoms with E-state index in [9.17, 15) is 0 Å². The van der Waals surface area contributed by atoms with Crippen LogP contribution in [0.1, 0.15) is 33.1 Å². The van der Waals surface area contributed by atoms with Crippen molar-refractivity contribution in [3.8, 4) is 6.07 Å². The Labute approximate surface area is 104 Å². The zero-order valence-electron chi connectivity index (χ0n) is 10.9. The van der Waals surface area contributed by atoms with Crippen molar-refractivity contribution in [1.29, 1.82) is 5.26 Å². The highest BCUT2D eigenvalue weighted by molar-refractivity contribution is 4.95. The molecule has 0 saturated heterocycles. The van der Waals surface area contributed by atoms with Crippen LogP contribution in [0.4, 0.5) is 0 Å². The fourth-order valence-corrected chi connectivity index (χ4v) is 1.46. The molecular formula is C13H24N2O2. The summed E-state index contributed by atoms with van der Waals surface area (Å²) in [6, 6.07) is 2.79. The summed E-state index contributed by atoms with van der Waals surface area (Å²) in [5, 5.41) is 12.2. The summed E-state index contributed by atoms with van der Waals surface area (Å²) in [6.45, 7) is 6.93. The molecule has 1 unspecified atom stereocenters. The maximum Gasteiger partial charge on any atom is 0.0977 e. The van der Waals surface area contributed by atoms with Crippen LogP contribution in [0.25, 0.3) is 0 Å². The monoisotopic (exact) mass is 240 g/mol. The molecule has 1 aliphatic rings. The molecule has 1 N–H and O–H groups in total. The van der Waals surface area contributed by atoms with Crippen LogP contribution < -0.4 is 5.32 Å². The summed E-state index contributed by atoms with van der Waals surface area (Å²) in [4.78, 5) is 0. The molecule has 98 valence electrons. The topological polar surface area (TPSA) is 54.3 Å². The Morgan fingerprint density at radius 1 is 1.24 bits per heavy atom. The minimum atomic E-state index is -0.0564. The van der Waals surface area contributed by atoms with Crippen LogP contribution in [-0.4, -0.2) is 38.5 Å². The minimum Gasteiger partial charge on any atom is -0.379 e. The molecule has 1 aliphatic carbocycles. The third-order valence-corrected chi connectivity index (χ3v) is 2.54. The number of rotatable bonds is 10. The maximum absolute atomic E-state index is 8.91. The Kier molecular flexibility index (Phi) is 7.18. The van der Waals surface area contributed by atoms with Crippen LogP contribution in [0.15, 0.2) is 0 Å². The minimum absolute atomic E-state index is 0.0564. The molecule has 0 aromatic heterocycles. The van der Waals surface area contributed by atoms with Gasteiger partial charge < -0.3 is 9.47 Å². The molecule has 0 aromatic carbocycles. The van der Waals surface area contributed by atoms with E-state index in [1.54, 1.807) is 0 Å². The van der Waals surface area contributed by atoms with E-state index >= 15 is 0 Å².